The van der Waals surface area contributed by atoms with Gasteiger partial charge in [-0.1, -0.05) is 36.3 Å². The molecule has 3 aliphatic rings. The van der Waals surface area contributed by atoms with Gasteiger partial charge in [-0.25, -0.2) is 9.18 Å². The second-order valence-corrected chi connectivity index (χ2v) is 9.58. The average Bonchev–Trinajstić information content (AvgIpc) is 3.51. The Bertz CT molecular complexity index is 1190. The molecule has 3 saturated heterocycles. The van der Waals surface area contributed by atoms with Crippen molar-refractivity contribution in [2.24, 2.45) is 5.92 Å². The van der Waals surface area contributed by atoms with Crippen molar-refractivity contribution in [3.05, 3.63) is 71.5 Å². The van der Waals surface area contributed by atoms with Crippen LogP contribution >= 0.6 is 0 Å². The summed E-state index contributed by atoms with van der Waals surface area (Å²) in [6.45, 7) is 1.72. The van der Waals surface area contributed by atoms with Crippen LogP contribution in [0.25, 0.3) is 0 Å². The Morgan fingerprint density at radius 2 is 1.78 bits per heavy atom. The summed E-state index contributed by atoms with van der Waals surface area (Å²) >= 11 is 0. The highest BCUT2D eigenvalue weighted by molar-refractivity contribution is 6.08. The highest BCUT2D eigenvalue weighted by Gasteiger charge is 2.57. The number of ether oxygens (including phenoxy) is 1. The summed E-state index contributed by atoms with van der Waals surface area (Å²) in [5, 5.41) is 3.02. The van der Waals surface area contributed by atoms with Crippen molar-refractivity contribution < 1.29 is 23.5 Å². The summed E-state index contributed by atoms with van der Waals surface area (Å²) in [6, 6.07) is 14.6. The molecule has 3 fully saturated rings. The minimum Gasteiger partial charge on any atom is -0.379 e. The van der Waals surface area contributed by atoms with Crippen LogP contribution in [-0.4, -0.2) is 65.5 Å². The Hall–Kier alpha value is -3.70. The maximum atomic E-state index is 13.9. The molecule has 5 rings (SSSR count). The molecule has 2 aromatic carbocycles. The first-order valence-corrected chi connectivity index (χ1v) is 12.3. The first-order valence-electron chi connectivity index (χ1n) is 12.3. The lowest BCUT2D eigenvalue weighted by atomic mass is 9.73. The van der Waals surface area contributed by atoms with Crippen LogP contribution in [-0.2, 0) is 20.7 Å². The lowest BCUT2D eigenvalue weighted by Crippen LogP contribution is -2.58. The molecule has 0 bridgehead atoms. The van der Waals surface area contributed by atoms with Gasteiger partial charge in [0.2, 0.25) is 0 Å². The van der Waals surface area contributed by atoms with Crippen LogP contribution in [0.3, 0.4) is 0 Å². The summed E-state index contributed by atoms with van der Waals surface area (Å²) < 4.78 is 19.0. The van der Waals surface area contributed by atoms with Crippen LogP contribution in [0.15, 0.2) is 54.6 Å². The first kappa shape index (κ1) is 24.0. The van der Waals surface area contributed by atoms with Gasteiger partial charge in [0.25, 0.3) is 11.8 Å². The number of urea groups is 1. The van der Waals surface area contributed by atoms with Crippen LogP contribution in [0.2, 0.25) is 0 Å². The molecule has 3 aliphatic heterocycles. The zero-order valence-corrected chi connectivity index (χ0v) is 19.9. The third kappa shape index (κ3) is 4.71. The van der Waals surface area contributed by atoms with E-state index in [4.69, 9.17) is 4.74 Å². The van der Waals surface area contributed by atoms with E-state index in [-0.39, 0.29) is 36.0 Å². The van der Waals surface area contributed by atoms with Crippen molar-refractivity contribution in [3.63, 3.8) is 0 Å². The fourth-order valence-electron chi connectivity index (χ4n) is 5.44. The monoisotopic (exact) mass is 489 g/mol. The Kier molecular flexibility index (Phi) is 6.75. The molecule has 36 heavy (non-hydrogen) atoms. The van der Waals surface area contributed by atoms with Gasteiger partial charge >= 0.3 is 6.03 Å². The molecule has 0 aliphatic carbocycles. The molecule has 2 aromatic rings. The largest absolute Gasteiger partial charge is 0.379 e. The van der Waals surface area contributed by atoms with Crippen LogP contribution in [0, 0.1) is 23.6 Å². The van der Waals surface area contributed by atoms with E-state index in [1.807, 2.05) is 30.3 Å². The van der Waals surface area contributed by atoms with E-state index in [0.29, 0.717) is 45.6 Å². The van der Waals surface area contributed by atoms with E-state index in [2.05, 4.69) is 17.2 Å². The lowest BCUT2D eigenvalue weighted by molar-refractivity contribution is -0.136. The molecule has 0 radical (unpaired) electrons. The molecule has 7 nitrogen and oxygen atoms in total. The Morgan fingerprint density at radius 3 is 2.44 bits per heavy atom. The molecule has 0 saturated carbocycles. The van der Waals surface area contributed by atoms with Gasteiger partial charge in [-0.2, -0.15) is 0 Å². The molecule has 4 amide bonds. The molecular formula is C28H28FN3O4. The Balaban J connectivity index is 1.35. The van der Waals surface area contributed by atoms with Gasteiger partial charge in [0.1, 0.15) is 11.4 Å². The minimum absolute atomic E-state index is 0.183. The number of carbonyl (C=O) groups excluding carboxylic acids is 3. The van der Waals surface area contributed by atoms with Crippen molar-refractivity contribution in [2.45, 2.75) is 37.3 Å². The number of rotatable bonds is 4. The van der Waals surface area contributed by atoms with Gasteiger partial charge in [0.15, 0.2) is 0 Å². The van der Waals surface area contributed by atoms with Crippen LogP contribution in [0.1, 0.15) is 30.4 Å². The number of carbonyl (C=O) groups is 3. The van der Waals surface area contributed by atoms with Crippen molar-refractivity contribution in [1.82, 2.24) is 15.1 Å². The molecule has 0 aromatic heterocycles. The van der Waals surface area contributed by atoms with Gasteiger partial charge in [0.05, 0.1) is 12.6 Å². The second kappa shape index (κ2) is 10.1. The van der Waals surface area contributed by atoms with Gasteiger partial charge in [-0.15, -0.1) is 0 Å². The third-order valence-electron chi connectivity index (χ3n) is 7.38. The predicted molar refractivity (Wildman–Crippen MR) is 130 cm³/mol. The summed E-state index contributed by atoms with van der Waals surface area (Å²) in [4.78, 5) is 42.7. The zero-order chi connectivity index (χ0) is 25.1. The molecule has 2 atom stereocenters. The number of halogens is 1. The molecule has 186 valence electrons. The maximum Gasteiger partial charge on any atom is 0.325 e. The van der Waals surface area contributed by atoms with Gasteiger partial charge in [-0.05, 0) is 55.0 Å². The summed E-state index contributed by atoms with van der Waals surface area (Å²) in [6.07, 6.45) is 1.95. The third-order valence-corrected chi connectivity index (χ3v) is 7.38. The van der Waals surface area contributed by atoms with E-state index in [1.54, 1.807) is 17.0 Å². The highest BCUT2D eigenvalue weighted by atomic mass is 19.1. The summed E-state index contributed by atoms with van der Waals surface area (Å²) in [5.41, 5.74) is 0.388. The number of imide groups is 1. The molecule has 8 heteroatoms. The molecule has 3 heterocycles. The fraction of sp³-hybridized carbons (Fsp3) is 0.393. The number of amides is 4. The molecule has 0 unspecified atom stereocenters. The highest BCUT2D eigenvalue weighted by Crippen LogP contribution is 2.38. The first-order chi connectivity index (χ1) is 17.5. The topological polar surface area (TPSA) is 79.0 Å². The number of hydrogen-bond donors (Lipinski definition) is 1. The van der Waals surface area contributed by atoms with Crippen molar-refractivity contribution in [3.8, 4) is 11.8 Å². The zero-order valence-electron chi connectivity index (χ0n) is 19.9. The smallest absolute Gasteiger partial charge is 0.325 e. The fourth-order valence-corrected chi connectivity index (χ4v) is 5.44. The Labute approximate surface area is 209 Å². The molecule has 0 spiro atoms. The van der Waals surface area contributed by atoms with Crippen LogP contribution < -0.4 is 5.32 Å². The van der Waals surface area contributed by atoms with Gasteiger partial charge < -0.3 is 15.0 Å². The average molecular weight is 490 g/mol. The van der Waals surface area contributed by atoms with Crippen molar-refractivity contribution in [1.29, 1.82) is 0 Å². The lowest BCUT2D eigenvalue weighted by Gasteiger charge is -2.40. The van der Waals surface area contributed by atoms with E-state index in [0.717, 1.165) is 11.1 Å². The van der Waals surface area contributed by atoms with Crippen LogP contribution in [0.5, 0.6) is 0 Å². The second-order valence-electron chi connectivity index (χ2n) is 9.58. The molecular weight excluding hydrogens is 461 g/mol. The Morgan fingerprint density at radius 1 is 1.06 bits per heavy atom. The number of likely N-dealkylation sites (tertiary alicyclic amines) is 1. The maximum absolute atomic E-state index is 13.9. The number of hydrogen-bond acceptors (Lipinski definition) is 4. The van der Waals surface area contributed by atoms with Crippen molar-refractivity contribution >= 4 is 17.8 Å². The van der Waals surface area contributed by atoms with Gasteiger partial charge in [0, 0.05) is 37.6 Å². The van der Waals surface area contributed by atoms with Crippen molar-refractivity contribution in [2.75, 3.05) is 26.3 Å². The number of nitrogens with zero attached hydrogens (tertiary/aromatic N) is 2. The van der Waals surface area contributed by atoms with E-state index < -0.39 is 11.6 Å². The summed E-state index contributed by atoms with van der Waals surface area (Å²) in [5.74, 6) is 4.55. The predicted octanol–water partition coefficient (Wildman–Crippen LogP) is 2.74. The quantitative estimate of drug-likeness (QED) is 0.529. The van der Waals surface area contributed by atoms with Crippen LogP contribution in [0.4, 0.5) is 9.18 Å². The minimum atomic E-state index is -1.15. The van der Waals surface area contributed by atoms with E-state index >= 15 is 0 Å². The number of nitrogens with one attached hydrogen (secondary N) is 1. The SMILES string of the molecule is O=C(C#Cc1ccccc1)N1CCC([C@]2(Cc3ccc(F)cc3)NC(=O)N([C@@H]3CCOC3)C2=O)CC1. The van der Waals surface area contributed by atoms with Gasteiger partial charge in [-0.3, -0.25) is 14.5 Å². The summed E-state index contributed by atoms with van der Waals surface area (Å²) in [7, 11) is 0. The standard InChI is InChI=1S/C28H28FN3O4/c29-23-9-6-21(7-10-23)18-28(26(34)32(27(35)30-28)24-14-17-36-19-24)22-12-15-31(16-13-22)25(33)11-8-20-4-2-1-3-5-20/h1-7,9-10,22,24H,12-19H2,(H,30,35)/t24-,28+/m1/s1. The molecule has 1 N–H and O–H groups in total. The normalized spacial score (nSPS) is 24.4. The number of benzene rings is 2. The van der Waals surface area contributed by atoms with E-state index in [9.17, 15) is 18.8 Å². The number of piperidine rings is 1. The van der Waals surface area contributed by atoms with E-state index in [1.165, 1.54) is 17.0 Å².